The van der Waals surface area contributed by atoms with E-state index >= 15 is 0 Å². The average molecular weight is 452 g/mol. The molecular formula is C23H30ClNO4S. The highest BCUT2D eigenvalue weighted by Crippen LogP contribution is 2.22. The molecule has 1 N–H and O–H groups in total. The van der Waals surface area contributed by atoms with Gasteiger partial charge in [0.25, 0.3) is 0 Å². The third-order valence-corrected chi connectivity index (χ3v) is 7.46. The summed E-state index contributed by atoms with van der Waals surface area (Å²) in [5.41, 5.74) is 2.26. The Labute approximate surface area is 184 Å². The lowest BCUT2D eigenvalue weighted by molar-refractivity contribution is 0.0525. The standard InChI is InChI=1S/C23H30ClNO4S/c1-17(2)19-5-9-23(10-6-19)29-15-22(26)14-25(21-11-12-30(27,28)16-21)13-18-3-7-20(24)8-4-18/h3-10,17,21-22,26H,11-16H2,1-2H3. The molecular weight excluding hydrogens is 422 g/mol. The summed E-state index contributed by atoms with van der Waals surface area (Å²) in [6.45, 7) is 5.32. The van der Waals surface area contributed by atoms with Gasteiger partial charge in [-0.3, -0.25) is 4.90 Å². The Morgan fingerprint density at radius 2 is 1.80 bits per heavy atom. The Kier molecular flexibility index (Phi) is 7.80. The molecule has 164 valence electrons. The highest BCUT2D eigenvalue weighted by molar-refractivity contribution is 7.91. The van der Waals surface area contributed by atoms with E-state index in [4.69, 9.17) is 16.3 Å². The van der Waals surface area contributed by atoms with E-state index in [0.29, 0.717) is 36.2 Å². The molecule has 2 aromatic rings. The summed E-state index contributed by atoms with van der Waals surface area (Å²) in [5.74, 6) is 1.49. The van der Waals surface area contributed by atoms with E-state index < -0.39 is 15.9 Å². The van der Waals surface area contributed by atoms with E-state index in [0.717, 1.165) is 5.56 Å². The normalized spacial score (nSPS) is 19.3. The highest BCUT2D eigenvalue weighted by atomic mass is 35.5. The minimum Gasteiger partial charge on any atom is -0.491 e. The van der Waals surface area contributed by atoms with Crippen LogP contribution in [0.25, 0.3) is 0 Å². The third-order valence-electron chi connectivity index (χ3n) is 5.46. The Hall–Kier alpha value is -1.60. The van der Waals surface area contributed by atoms with Crippen molar-refractivity contribution in [1.82, 2.24) is 4.90 Å². The van der Waals surface area contributed by atoms with E-state index in [1.165, 1.54) is 5.56 Å². The zero-order valence-corrected chi connectivity index (χ0v) is 19.1. The molecule has 0 aromatic heterocycles. The summed E-state index contributed by atoms with van der Waals surface area (Å²) in [5, 5.41) is 11.3. The fourth-order valence-corrected chi connectivity index (χ4v) is 5.58. The van der Waals surface area contributed by atoms with Crippen LogP contribution in [-0.2, 0) is 16.4 Å². The van der Waals surface area contributed by atoms with Crippen molar-refractivity contribution in [3.8, 4) is 5.75 Å². The van der Waals surface area contributed by atoms with E-state index in [-0.39, 0.29) is 24.2 Å². The minimum atomic E-state index is -3.02. The Bertz CT molecular complexity index is 913. The highest BCUT2D eigenvalue weighted by Gasteiger charge is 2.33. The molecule has 0 saturated carbocycles. The fraction of sp³-hybridized carbons (Fsp3) is 0.478. The van der Waals surface area contributed by atoms with Crippen molar-refractivity contribution in [2.45, 2.75) is 44.9 Å². The minimum absolute atomic E-state index is 0.106. The first kappa shape index (κ1) is 23.1. The maximum Gasteiger partial charge on any atom is 0.151 e. The number of halogens is 1. The van der Waals surface area contributed by atoms with Gasteiger partial charge in [-0.15, -0.1) is 0 Å². The molecule has 2 unspecified atom stereocenters. The van der Waals surface area contributed by atoms with Gasteiger partial charge in [-0.25, -0.2) is 8.42 Å². The zero-order chi connectivity index (χ0) is 21.7. The van der Waals surface area contributed by atoms with Crippen molar-refractivity contribution in [2.75, 3.05) is 24.7 Å². The first-order chi connectivity index (χ1) is 14.2. The number of aliphatic hydroxyl groups excluding tert-OH is 1. The second-order valence-electron chi connectivity index (χ2n) is 8.30. The van der Waals surface area contributed by atoms with Crippen molar-refractivity contribution in [3.05, 3.63) is 64.7 Å². The SMILES string of the molecule is CC(C)c1ccc(OCC(O)CN(Cc2ccc(Cl)cc2)C2CCS(=O)(=O)C2)cc1. The molecule has 1 heterocycles. The molecule has 1 saturated heterocycles. The quantitative estimate of drug-likeness (QED) is 0.626. The molecule has 3 rings (SSSR count). The van der Waals surface area contributed by atoms with Crippen LogP contribution in [0.2, 0.25) is 5.02 Å². The van der Waals surface area contributed by atoms with E-state index in [2.05, 4.69) is 13.8 Å². The number of benzene rings is 2. The summed E-state index contributed by atoms with van der Waals surface area (Å²) in [6.07, 6.45) is -0.148. The van der Waals surface area contributed by atoms with Gasteiger partial charge in [0.15, 0.2) is 9.84 Å². The molecule has 0 bridgehead atoms. The van der Waals surface area contributed by atoms with E-state index in [9.17, 15) is 13.5 Å². The van der Waals surface area contributed by atoms with Crippen molar-refractivity contribution in [1.29, 1.82) is 0 Å². The number of hydrogen-bond acceptors (Lipinski definition) is 5. The van der Waals surface area contributed by atoms with Crippen LogP contribution in [0.15, 0.2) is 48.5 Å². The van der Waals surface area contributed by atoms with Crippen LogP contribution >= 0.6 is 11.6 Å². The lowest BCUT2D eigenvalue weighted by Gasteiger charge is -2.30. The van der Waals surface area contributed by atoms with Crippen LogP contribution in [0.5, 0.6) is 5.75 Å². The summed E-state index contributed by atoms with van der Waals surface area (Å²) in [7, 11) is -3.02. The third kappa shape index (κ3) is 6.71. The monoisotopic (exact) mass is 451 g/mol. The van der Waals surface area contributed by atoms with E-state index in [1.807, 2.05) is 53.4 Å². The van der Waals surface area contributed by atoms with Crippen molar-refractivity contribution >= 4 is 21.4 Å². The van der Waals surface area contributed by atoms with Crippen molar-refractivity contribution < 1.29 is 18.3 Å². The van der Waals surface area contributed by atoms with Crippen LogP contribution in [0.4, 0.5) is 0 Å². The summed E-state index contributed by atoms with van der Waals surface area (Å²) in [4.78, 5) is 2.05. The van der Waals surface area contributed by atoms with E-state index in [1.54, 1.807) is 0 Å². The molecule has 0 amide bonds. The van der Waals surface area contributed by atoms with Gasteiger partial charge < -0.3 is 9.84 Å². The molecule has 0 spiro atoms. The molecule has 30 heavy (non-hydrogen) atoms. The van der Waals surface area contributed by atoms with Crippen LogP contribution < -0.4 is 4.74 Å². The topological polar surface area (TPSA) is 66.8 Å². The first-order valence-corrected chi connectivity index (χ1v) is 12.5. The largest absolute Gasteiger partial charge is 0.491 e. The number of sulfone groups is 1. The number of ether oxygens (including phenoxy) is 1. The average Bonchev–Trinajstić information content (AvgIpc) is 3.07. The Morgan fingerprint density at radius 1 is 1.13 bits per heavy atom. The predicted octanol–water partition coefficient (Wildman–Crippen LogP) is 3.89. The Balaban J connectivity index is 1.61. The van der Waals surface area contributed by atoms with Gasteiger partial charge >= 0.3 is 0 Å². The molecule has 1 aliphatic rings. The lowest BCUT2D eigenvalue weighted by Crippen LogP contribution is -2.42. The van der Waals surface area contributed by atoms with Crippen LogP contribution in [-0.4, -0.2) is 55.2 Å². The van der Waals surface area contributed by atoms with Gasteiger partial charge in [-0.1, -0.05) is 49.7 Å². The fourth-order valence-electron chi connectivity index (χ4n) is 3.70. The van der Waals surface area contributed by atoms with Gasteiger partial charge in [0.1, 0.15) is 18.5 Å². The predicted molar refractivity (Wildman–Crippen MR) is 121 cm³/mol. The molecule has 7 heteroatoms. The summed E-state index contributed by atoms with van der Waals surface area (Å²) >= 11 is 5.97. The maximum absolute atomic E-state index is 12.0. The molecule has 2 aromatic carbocycles. The van der Waals surface area contributed by atoms with Crippen LogP contribution in [0.3, 0.4) is 0 Å². The van der Waals surface area contributed by atoms with Gasteiger partial charge in [0.05, 0.1) is 11.5 Å². The zero-order valence-electron chi connectivity index (χ0n) is 17.5. The first-order valence-electron chi connectivity index (χ1n) is 10.3. The lowest BCUT2D eigenvalue weighted by atomic mass is 10.0. The van der Waals surface area contributed by atoms with Crippen molar-refractivity contribution in [3.63, 3.8) is 0 Å². The molecule has 2 atom stereocenters. The molecule has 0 aliphatic carbocycles. The van der Waals surface area contributed by atoms with Crippen LogP contribution in [0.1, 0.15) is 37.3 Å². The summed E-state index contributed by atoms with van der Waals surface area (Å²) in [6, 6.07) is 15.3. The van der Waals surface area contributed by atoms with Gasteiger partial charge in [0, 0.05) is 24.2 Å². The Morgan fingerprint density at radius 3 is 2.37 bits per heavy atom. The van der Waals surface area contributed by atoms with Gasteiger partial charge in [-0.05, 0) is 47.7 Å². The van der Waals surface area contributed by atoms with Crippen LogP contribution in [0, 0.1) is 0 Å². The molecule has 0 radical (unpaired) electrons. The number of aliphatic hydroxyl groups is 1. The molecule has 5 nitrogen and oxygen atoms in total. The number of hydrogen-bond donors (Lipinski definition) is 1. The van der Waals surface area contributed by atoms with Gasteiger partial charge in [0.2, 0.25) is 0 Å². The molecule has 1 fully saturated rings. The number of rotatable bonds is 9. The second-order valence-corrected chi connectivity index (χ2v) is 11.0. The number of nitrogens with zero attached hydrogens (tertiary/aromatic N) is 1. The second kappa shape index (κ2) is 10.1. The smallest absolute Gasteiger partial charge is 0.151 e. The summed E-state index contributed by atoms with van der Waals surface area (Å²) < 4.78 is 29.7. The maximum atomic E-state index is 12.0. The van der Waals surface area contributed by atoms with Gasteiger partial charge in [-0.2, -0.15) is 0 Å². The van der Waals surface area contributed by atoms with Crippen molar-refractivity contribution in [2.24, 2.45) is 0 Å². The molecule has 1 aliphatic heterocycles.